The molecule has 0 atom stereocenters. The van der Waals surface area contributed by atoms with Crippen molar-refractivity contribution in [2.45, 2.75) is 0 Å². The second kappa shape index (κ2) is 4.89. The van der Waals surface area contributed by atoms with Crippen LogP contribution in [-0.4, -0.2) is 6.08 Å². The van der Waals surface area contributed by atoms with E-state index >= 15 is 0 Å². The average molecular weight is 220 g/mol. The number of hydrogen-bond donors (Lipinski definition) is 0. The molecule has 80 valence electrons. The van der Waals surface area contributed by atoms with E-state index in [0.29, 0.717) is 11.3 Å². The number of aliphatic imine (C=N–C) groups is 1. The zero-order valence-electron chi connectivity index (χ0n) is 8.92. The van der Waals surface area contributed by atoms with Crippen LogP contribution in [0.4, 0.5) is 5.69 Å². The number of nitrogens with zero attached hydrogens (tertiary/aromatic N) is 2. The maximum Gasteiger partial charge on any atom is 0.240 e. The Bertz CT molecular complexity index is 635. The Balaban J connectivity index is 2.49. The largest absolute Gasteiger partial charge is 0.240 e. The molecule has 3 nitrogen and oxygen atoms in total. The van der Waals surface area contributed by atoms with E-state index in [9.17, 15) is 4.79 Å². The minimum atomic E-state index is 0.555. The number of hydrogen-bond acceptors (Lipinski definition) is 3. The van der Waals surface area contributed by atoms with E-state index in [1.165, 1.54) is 6.08 Å². The van der Waals surface area contributed by atoms with Crippen molar-refractivity contribution in [1.82, 2.24) is 0 Å². The zero-order valence-corrected chi connectivity index (χ0v) is 8.92. The Morgan fingerprint density at radius 1 is 1.00 bits per heavy atom. The summed E-state index contributed by atoms with van der Waals surface area (Å²) in [6.07, 6.45) is 1.51. The predicted octanol–water partition coefficient (Wildman–Crippen LogP) is 3.19. The van der Waals surface area contributed by atoms with Gasteiger partial charge in [-0.25, -0.2) is 4.79 Å². The molecule has 0 unspecified atom stereocenters. The molecule has 0 aliphatic carbocycles. The molecule has 0 aromatic heterocycles. The number of isocyanates is 1. The molecule has 0 bridgehead atoms. The van der Waals surface area contributed by atoms with Crippen molar-refractivity contribution in [2.24, 2.45) is 4.99 Å². The number of nitriles is 1. The second-order valence-corrected chi connectivity index (χ2v) is 3.45. The van der Waals surface area contributed by atoms with E-state index in [4.69, 9.17) is 5.26 Å². The molecule has 0 N–H and O–H groups in total. The van der Waals surface area contributed by atoms with E-state index in [1.54, 1.807) is 24.3 Å². The Morgan fingerprint density at radius 3 is 2.41 bits per heavy atom. The summed E-state index contributed by atoms with van der Waals surface area (Å²) in [5.74, 6) is 0. The summed E-state index contributed by atoms with van der Waals surface area (Å²) in [6.45, 7) is 0. The molecule has 0 heterocycles. The van der Waals surface area contributed by atoms with Crippen molar-refractivity contribution in [3.63, 3.8) is 0 Å². The normalized spacial score (nSPS) is 9.12. The predicted molar refractivity (Wildman–Crippen MR) is 64.4 cm³/mol. The molecule has 2 aromatic rings. The standard InChI is InChI=1S/C14H8N2O/c15-9-11-3-1-4-12(7-11)13-5-2-6-14(8-13)16-10-17/h1-8H. The van der Waals surface area contributed by atoms with Gasteiger partial charge in [0.25, 0.3) is 0 Å². The molecule has 3 heteroatoms. The molecular weight excluding hydrogens is 212 g/mol. The number of benzene rings is 2. The molecule has 0 fully saturated rings. The lowest BCUT2D eigenvalue weighted by Gasteiger charge is -2.02. The summed E-state index contributed by atoms with van der Waals surface area (Å²) in [6, 6.07) is 16.6. The Hall–Kier alpha value is -2.69. The lowest BCUT2D eigenvalue weighted by Crippen LogP contribution is -1.79. The molecule has 0 spiro atoms. The van der Waals surface area contributed by atoms with E-state index in [2.05, 4.69) is 11.1 Å². The minimum absolute atomic E-state index is 0.555. The van der Waals surface area contributed by atoms with Gasteiger partial charge in [0.05, 0.1) is 17.3 Å². The monoisotopic (exact) mass is 220 g/mol. The smallest absolute Gasteiger partial charge is 0.211 e. The molecular formula is C14H8N2O. The van der Waals surface area contributed by atoms with Crippen LogP contribution in [0.2, 0.25) is 0 Å². The first-order valence-electron chi connectivity index (χ1n) is 5.02. The van der Waals surface area contributed by atoms with Crippen LogP contribution in [0.25, 0.3) is 11.1 Å². The van der Waals surface area contributed by atoms with Gasteiger partial charge in [-0.2, -0.15) is 10.3 Å². The Kier molecular flexibility index (Phi) is 3.11. The van der Waals surface area contributed by atoms with Gasteiger partial charge in [-0.1, -0.05) is 24.3 Å². The van der Waals surface area contributed by atoms with Gasteiger partial charge in [0.2, 0.25) is 6.08 Å². The third-order valence-corrected chi connectivity index (χ3v) is 2.35. The first-order valence-corrected chi connectivity index (χ1v) is 5.02. The van der Waals surface area contributed by atoms with Gasteiger partial charge in [-0.3, -0.25) is 0 Å². The summed E-state index contributed by atoms with van der Waals surface area (Å²) in [5, 5.41) is 8.83. The highest BCUT2D eigenvalue weighted by molar-refractivity contribution is 5.69. The first-order chi connectivity index (χ1) is 8.33. The third kappa shape index (κ3) is 2.46. The topological polar surface area (TPSA) is 53.2 Å². The van der Waals surface area contributed by atoms with Gasteiger partial charge >= 0.3 is 0 Å². The van der Waals surface area contributed by atoms with Crippen molar-refractivity contribution < 1.29 is 4.79 Å². The van der Waals surface area contributed by atoms with Crippen LogP contribution in [0.5, 0.6) is 0 Å². The van der Waals surface area contributed by atoms with Crippen molar-refractivity contribution in [1.29, 1.82) is 5.26 Å². The van der Waals surface area contributed by atoms with Gasteiger partial charge < -0.3 is 0 Å². The second-order valence-electron chi connectivity index (χ2n) is 3.45. The average Bonchev–Trinajstić information content (AvgIpc) is 2.40. The van der Waals surface area contributed by atoms with Crippen molar-refractivity contribution in [3.05, 3.63) is 54.1 Å². The van der Waals surface area contributed by atoms with Crippen LogP contribution in [-0.2, 0) is 4.79 Å². The maximum atomic E-state index is 10.2. The van der Waals surface area contributed by atoms with Crippen molar-refractivity contribution in [2.75, 3.05) is 0 Å². The van der Waals surface area contributed by atoms with Gasteiger partial charge in [-0.05, 0) is 35.4 Å². The maximum absolute atomic E-state index is 10.2. The molecule has 0 amide bonds. The van der Waals surface area contributed by atoms with Crippen LogP contribution >= 0.6 is 0 Å². The van der Waals surface area contributed by atoms with Crippen LogP contribution in [0, 0.1) is 11.3 Å². The molecule has 0 aliphatic heterocycles. The van der Waals surface area contributed by atoms with E-state index in [1.807, 2.05) is 24.3 Å². The van der Waals surface area contributed by atoms with E-state index in [-0.39, 0.29) is 0 Å². The Labute approximate surface area is 98.7 Å². The summed E-state index contributed by atoms with van der Waals surface area (Å²) >= 11 is 0. The zero-order chi connectivity index (χ0) is 12.1. The fourth-order valence-corrected chi connectivity index (χ4v) is 1.58. The van der Waals surface area contributed by atoms with Crippen LogP contribution in [0.15, 0.2) is 53.5 Å². The van der Waals surface area contributed by atoms with Gasteiger partial charge in [-0.15, -0.1) is 0 Å². The number of carbonyl (C=O) groups excluding carboxylic acids is 1. The molecule has 0 saturated carbocycles. The van der Waals surface area contributed by atoms with Gasteiger partial charge in [0.15, 0.2) is 0 Å². The van der Waals surface area contributed by atoms with Gasteiger partial charge in [0, 0.05) is 0 Å². The molecule has 0 radical (unpaired) electrons. The molecule has 2 rings (SSSR count). The van der Waals surface area contributed by atoms with Crippen LogP contribution in [0.1, 0.15) is 5.56 Å². The summed E-state index contributed by atoms with van der Waals surface area (Å²) in [5.41, 5.74) is 3.00. The first kappa shape index (κ1) is 10.8. The quantitative estimate of drug-likeness (QED) is 0.576. The molecule has 0 saturated heterocycles. The SMILES string of the molecule is N#Cc1cccc(-c2cccc(N=C=O)c2)c1. The highest BCUT2D eigenvalue weighted by Crippen LogP contribution is 2.24. The Morgan fingerprint density at radius 2 is 1.71 bits per heavy atom. The van der Waals surface area contributed by atoms with E-state index in [0.717, 1.165) is 11.1 Å². The van der Waals surface area contributed by atoms with Crippen molar-refractivity contribution in [3.8, 4) is 17.2 Å². The minimum Gasteiger partial charge on any atom is -0.211 e. The number of rotatable bonds is 2. The summed E-state index contributed by atoms with van der Waals surface area (Å²) in [7, 11) is 0. The fraction of sp³-hybridized carbons (Fsp3) is 0. The fourth-order valence-electron chi connectivity index (χ4n) is 1.58. The summed E-state index contributed by atoms with van der Waals surface area (Å²) < 4.78 is 0. The van der Waals surface area contributed by atoms with Gasteiger partial charge in [0.1, 0.15) is 0 Å². The van der Waals surface area contributed by atoms with Crippen molar-refractivity contribution >= 4 is 11.8 Å². The van der Waals surface area contributed by atoms with Crippen LogP contribution in [0.3, 0.4) is 0 Å². The highest BCUT2D eigenvalue weighted by Gasteiger charge is 2.00. The molecule has 17 heavy (non-hydrogen) atoms. The van der Waals surface area contributed by atoms with E-state index < -0.39 is 0 Å². The lowest BCUT2D eigenvalue weighted by atomic mass is 10.0. The molecule has 0 aliphatic rings. The third-order valence-electron chi connectivity index (χ3n) is 2.35. The van der Waals surface area contributed by atoms with Crippen LogP contribution < -0.4 is 0 Å². The lowest BCUT2D eigenvalue weighted by molar-refractivity contribution is 0.565. The molecule has 2 aromatic carbocycles. The highest BCUT2D eigenvalue weighted by atomic mass is 16.1. The summed E-state index contributed by atoms with van der Waals surface area (Å²) in [4.78, 5) is 13.8.